The number of nitrogens with zero attached hydrogens (tertiary/aromatic N) is 3. The van der Waals surface area contributed by atoms with Gasteiger partial charge in [0.2, 0.25) is 5.88 Å². The summed E-state index contributed by atoms with van der Waals surface area (Å²) >= 11 is 3.39. The molecule has 6 nitrogen and oxygen atoms in total. The first kappa shape index (κ1) is 12.8. The normalized spacial score (nSPS) is 10.7. The predicted molar refractivity (Wildman–Crippen MR) is 67.9 cm³/mol. The van der Waals surface area contributed by atoms with Gasteiger partial charge in [0.15, 0.2) is 5.65 Å². The van der Waals surface area contributed by atoms with Gasteiger partial charge in [0.25, 0.3) is 0 Å². The number of hydrogen-bond donors (Lipinski definition) is 0. The molecule has 0 aliphatic heterocycles. The molecule has 0 saturated heterocycles. The zero-order valence-corrected chi connectivity index (χ0v) is 11.8. The van der Waals surface area contributed by atoms with E-state index >= 15 is 0 Å². The van der Waals surface area contributed by atoms with Crippen LogP contribution in [0.15, 0.2) is 10.7 Å². The Hall–Kier alpha value is -1.63. The van der Waals surface area contributed by atoms with Crippen molar-refractivity contribution in [2.45, 2.75) is 13.8 Å². The van der Waals surface area contributed by atoms with Gasteiger partial charge in [-0.05, 0) is 29.8 Å². The standard InChI is InChI=1S/C11H12BrN3O3/c1-4-18-11(16)7-5-13-9-8(12)6(2)14-15(9)10(7)17-3/h5H,4H2,1-3H3. The molecule has 0 N–H and O–H groups in total. The van der Waals surface area contributed by atoms with Gasteiger partial charge in [-0.25, -0.2) is 9.78 Å². The number of esters is 1. The number of fused-ring (bicyclic) bond motifs is 1. The van der Waals surface area contributed by atoms with E-state index in [0.29, 0.717) is 18.1 Å². The molecule has 18 heavy (non-hydrogen) atoms. The number of carbonyl (C=O) groups excluding carboxylic acids is 1. The summed E-state index contributed by atoms with van der Waals surface area (Å²) in [6.07, 6.45) is 1.43. The summed E-state index contributed by atoms with van der Waals surface area (Å²) in [7, 11) is 1.47. The summed E-state index contributed by atoms with van der Waals surface area (Å²) in [6.45, 7) is 3.87. The monoisotopic (exact) mass is 313 g/mol. The number of carbonyl (C=O) groups is 1. The minimum Gasteiger partial charge on any atom is -0.480 e. The lowest BCUT2D eigenvalue weighted by Crippen LogP contribution is -2.11. The number of hydrogen-bond acceptors (Lipinski definition) is 5. The zero-order chi connectivity index (χ0) is 13.3. The molecule has 96 valence electrons. The van der Waals surface area contributed by atoms with Gasteiger partial charge in [-0.3, -0.25) is 0 Å². The topological polar surface area (TPSA) is 65.7 Å². The minimum absolute atomic E-state index is 0.252. The van der Waals surface area contributed by atoms with Crippen molar-refractivity contribution < 1.29 is 14.3 Å². The summed E-state index contributed by atoms with van der Waals surface area (Å²) < 4.78 is 12.4. The van der Waals surface area contributed by atoms with Crippen LogP contribution in [0.3, 0.4) is 0 Å². The van der Waals surface area contributed by atoms with Crippen LogP contribution in [0.1, 0.15) is 23.0 Å². The Labute approximate surface area is 112 Å². The van der Waals surface area contributed by atoms with Gasteiger partial charge in [-0.2, -0.15) is 9.61 Å². The SMILES string of the molecule is CCOC(=O)c1cnc2c(Br)c(C)nn2c1OC. The second-order valence-corrected chi connectivity index (χ2v) is 4.33. The first-order valence-electron chi connectivity index (χ1n) is 5.35. The summed E-state index contributed by atoms with van der Waals surface area (Å²) in [4.78, 5) is 16.0. The molecule has 2 heterocycles. The summed E-state index contributed by atoms with van der Waals surface area (Å²) in [5, 5.41) is 4.26. The van der Waals surface area contributed by atoms with Crippen LogP contribution in [0.4, 0.5) is 0 Å². The van der Waals surface area contributed by atoms with Crippen molar-refractivity contribution in [3.8, 4) is 5.88 Å². The Morgan fingerprint density at radius 2 is 2.28 bits per heavy atom. The zero-order valence-electron chi connectivity index (χ0n) is 10.2. The predicted octanol–water partition coefficient (Wildman–Crippen LogP) is 1.99. The van der Waals surface area contributed by atoms with Gasteiger partial charge >= 0.3 is 5.97 Å². The number of methoxy groups -OCH3 is 1. The highest BCUT2D eigenvalue weighted by Gasteiger charge is 2.20. The Morgan fingerprint density at radius 3 is 2.89 bits per heavy atom. The molecule has 0 amide bonds. The molecule has 0 fully saturated rings. The van der Waals surface area contributed by atoms with E-state index in [1.165, 1.54) is 17.8 Å². The van der Waals surface area contributed by atoms with E-state index in [1.54, 1.807) is 6.92 Å². The van der Waals surface area contributed by atoms with E-state index in [-0.39, 0.29) is 5.56 Å². The van der Waals surface area contributed by atoms with E-state index in [0.717, 1.165) is 10.2 Å². The highest BCUT2D eigenvalue weighted by molar-refractivity contribution is 9.10. The smallest absolute Gasteiger partial charge is 0.345 e. The van der Waals surface area contributed by atoms with Crippen LogP contribution < -0.4 is 4.74 Å². The molecule has 0 unspecified atom stereocenters. The Bertz CT molecular complexity index is 609. The minimum atomic E-state index is -0.479. The van der Waals surface area contributed by atoms with Gasteiger partial charge in [0.1, 0.15) is 5.56 Å². The van der Waals surface area contributed by atoms with Crippen molar-refractivity contribution in [2.24, 2.45) is 0 Å². The lowest BCUT2D eigenvalue weighted by molar-refractivity contribution is 0.0520. The van der Waals surface area contributed by atoms with Gasteiger partial charge in [0, 0.05) is 6.20 Å². The van der Waals surface area contributed by atoms with Crippen LogP contribution in [-0.2, 0) is 4.74 Å². The maximum absolute atomic E-state index is 11.8. The molecule has 2 aromatic heterocycles. The summed E-state index contributed by atoms with van der Waals surface area (Å²) in [6, 6.07) is 0. The second-order valence-electron chi connectivity index (χ2n) is 3.54. The highest BCUT2D eigenvalue weighted by atomic mass is 79.9. The Balaban J connectivity index is 2.66. The van der Waals surface area contributed by atoms with Gasteiger partial charge in [0.05, 0.1) is 23.9 Å². The van der Waals surface area contributed by atoms with Crippen LogP contribution in [0.2, 0.25) is 0 Å². The molecular formula is C11H12BrN3O3. The molecule has 2 aromatic rings. The molecule has 2 rings (SSSR count). The first-order valence-corrected chi connectivity index (χ1v) is 6.14. The van der Waals surface area contributed by atoms with E-state index in [2.05, 4.69) is 26.0 Å². The summed E-state index contributed by atoms with van der Waals surface area (Å²) in [5.74, 6) is -0.166. The van der Waals surface area contributed by atoms with Crippen molar-refractivity contribution in [1.82, 2.24) is 14.6 Å². The average Bonchev–Trinajstić information content (AvgIpc) is 2.64. The molecule has 0 bridgehead atoms. The third-order valence-electron chi connectivity index (χ3n) is 2.39. The molecule has 0 saturated carbocycles. The fourth-order valence-corrected chi connectivity index (χ4v) is 1.94. The number of aryl methyl sites for hydroxylation is 1. The number of halogens is 1. The van der Waals surface area contributed by atoms with Gasteiger partial charge < -0.3 is 9.47 Å². The van der Waals surface area contributed by atoms with Crippen molar-refractivity contribution in [2.75, 3.05) is 13.7 Å². The lowest BCUT2D eigenvalue weighted by atomic mass is 10.3. The van der Waals surface area contributed by atoms with Gasteiger partial charge in [-0.15, -0.1) is 0 Å². The molecule has 0 spiro atoms. The van der Waals surface area contributed by atoms with Gasteiger partial charge in [-0.1, -0.05) is 0 Å². The van der Waals surface area contributed by atoms with E-state index < -0.39 is 5.97 Å². The molecule has 0 aromatic carbocycles. The van der Waals surface area contributed by atoms with Crippen LogP contribution in [-0.4, -0.2) is 34.3 Å². The molecule has 0 aliphatic carbocycles. The van der Waals surface area contributed by atoms with E-state index in [1.807, 2.05) is 6.92 Å². The quantitative estimate of drug-likeness (QED) is 0.811. The van der Waals surface area contributed by atoms with Crippen molar-refractivity contribution in [3.05, 3.63) is 21.9 Å². The highest BCUT2D eigenvalue weighted by Crippen LogP contribution is 2.26. The summed E-state index contributed by atoms with van der Waals surface area (Å²) in [5.41, 5.74) is 1.61. The van der Waals surface area contributed by atoms with Crippen LogP contribution in [0.25, 0.3) is 5.65 Å². The van der Waals surface area contributed by atoms with Crippen LogP contribution in [0.5, 0.6) is 5.88 Å². The number of rotatable bonds is 3. The van der Waals surface area contributed by atoms with Crippen molar-refractivity contribution >= 4 is 27.5 Å². The number of ether oxygens (including phenoxy) is 2. The van der Waals surface area contributed by atoms with Crippen LogP contribution >= 0.6 is 15.9 Å². The first-order chi connectivity index (χ1) is 8.60. The molecule has 7 heteroatoms. The van der Waals surface area contributed by atoms with Crippen LogP contribution in [0, 0.1) is 6.92 Å². The molecular weight excluding hydrogens is 302 g/mol. The van der Waals surface area contributed by atoms with E-state index in [9.17, 15) is 4.79 Å². The fraction of sp³-hybridized carbons (Fsp3) is 0.364. The Morgan fingerprint density at radius 1 is 1.56 bits per heavy atom. The largest absolute Gasteiger partial charge is 0.480 e. The third-order valence-corrected chi connectivity index (χ3v) is 3.32. The van der Waals surface area contributed by atoms with E-state index in [4.69, 9.17) is 9.47 Å². The third kappa shape index (κ3) is 1.94. The fourth-order valence-electron chi connectivity index (χ4n) is 1.59. The number of aromatic nitrogens is 3. The maximum Gasteiger partial charge on any atom is 0.345 e. The molecule has 0 atom stereocenters. The van der Waals surface area contributed by atoms with Crippen molar-refractivity contribution in [3.63, 3.8) is 0 Å². The Kier molecular flexibility index (Phi) is 3.51. The molecule has 0 radical (unpaired) electrons. The molecule has 0 aliphatic rings. The lowest BCUT2D eigenvalue weighted by Gasteiger charge is -2.08. The average molecular weight is 314 g/mol. The van der Waals surface area contributed by atoms with Crippen molar-refractivity contribution in [1.29, 1.82) is 0 Å². The second kappa shape index (κ2) is 4.93. The maximum atomic E-state index is 11.8.